The molecule has 2 saturated heterocycles. The van der Waals surface area contributed by atoms with Crippen LogP contribution in [0.2, 0.25) is 0 Å². The molecule has 0 amide bonds. The quantitative estimate of drug-likeness (QED) is 0.662. The number of piperazine rings is 1. The van der Waals surface area contributed by atoms with Crippen LogP contribution >= 0.6 is 0 Å². The highest BCUT2D eigenvalue weighted by atomic mass is 15.3. The number of nitrogens with zero attached hydrogens (tertiary/aromatic N) is 4. The fourth-order valence-electron chi connectivity index (χ4n) is 3.83. The molecule has 0 aliphatic carbocycles. The van der Waals surface area contributed by atoms with Crippen LogP contribution in [0.15, 0.2) is 29.3 Å². The van der Waals surface area contributed by atoms with Crippen LogP contribution in [0.1, 0.15) is 31.4 Å². The van der Waals surface area contributed by atoms with Gasteiger partial charge in [-0.05, 0) is 30.0 Å². The molecule has 26 heavy (non-hydrogen) atoms. The second-order valence-corrected chi connectivity index (χ2v) is 8.63. The van der Waals surface area contributed by atoms with E-state index >= 15 is 0 Å². The molecule has 2 aliphatic rings. The summed E-state index contributed by atoms with van der Waals surface area (Å²) >= 11 is 0. The first-order valence-corrected chi connectivity index (χ1v) is 9.89. The van der Waals surface area contributed by atoms with Gasteiger partial charge in [-0.3, -0.25) is 9.89 Å². The third-order valence-corrected chi connectivity index (χ3v) is 5.66. The predicted molar refractivity (Wildman–Crippen MR) is 109 cm³/mol. The van der Waals surface area contributed by atoms with Gasteiger partial charge in [-0.1, -0.05) is 38.1 Å². The molecule has 0 bridgehead atoms. The average molecular weight is 358 g/mol. The molecule has 2 fully saturated rings. The molecule has 1 aromatic carbocycles. The van der Waals surface area contributed by atoms with E-state index in [0.717, 1.165) is 32.1 Å². The second-order valence-electron chi connectivity index (χ2n) is 8.63. The Morgan fingerprint density at radius 1 is 1.04 bits per heavy atom. The Kier molecular flexibility index (Phi) is 6.20. The molecule has 1 aromatic rings. The summed E-state index contributed by atoms with van der Waals surface area (Å²) in [7, 11) is 4.09. The first-order valence-electron chi connectivity index (χ1n) is 9.89. The summed E-state index contributed by atoms with van der Waals surface area (Å²) in [6.07, 6.45) is 1.23. The molecule has 1 N–H and O–H groups in total. The second kappa shape index (κ2) is 8.40. The van der Waals surface area contributed by atoms with Crippen molar-refractivity contribution in [2.75, 3.05) is 53.4 Å². The molecule has 0 atom stereocenters. The van der Waals surface area contributed by atoms with E-state index in [4.69, 9.17) is 0 Å². The molecule has 3 rings (SSSR count). The molecule has 0 saturated carbocycles. The summed E-state index contributed by atoms with van der Waals surface area (Å²) in [5, 5.41) is 3.53. The number of aliphatic imine (C=N–C) groups is 1. The van der Waals surface area contributed by atoms with Gasteiger partial charge in [-0.15, -0.1) is 0 Å². The van der Waals surface area contributed by atoms with Gasteiger partial charge in [0.25, 0.3) is 0 Å². The summed E-state index contributed by atoms with van der Waals surface area (Å²) < 4.78 is 0. The standard InChI is InChI=1S/C21H35N5/c1-21(2)9-10-26(17-21)20(22-3)23-15-18-5-7-19(8-6-18)16-25-13-11-24(4)12-14-25/h5-8H,9-17H2,1-4H3,(H,22,23). The molecule has 5 heteroatoms. The van der Waals surface area contributed by atoms with Gasteiger partial charge in [0.15, 0.2) is 5.96 Å². The number of nitrogens with one attached hydrogen (secondary N) is 1. The van der Waals surface area contributed by atoms with Crippen LogP contribution in [0.25, 0.3) is 0 Å². The largest absolute Gasteiger partial charge is 0.352 e. The maximum absolute atomic E-state index is 4.47. The molecular weight excluding hydrogens is 322 g/mol. The van der Waals surface area contributed by atoms with Gasteiger partial charge in [0.2, 0.25) is 0 Å². The van der Waals surface area contributed by atoms with E-state index in [0.29, 0.717) is 5.41 Å². The summed E-state index contributed by atoms with van der Waals surface area (Å²) in [5.41, 5.74) is 3.11. The third-order valence-electron chi connectivity index (χ3n) is 5.66. The van der Waals surface area contributed by atoms with E-state index in [2.05, 4.69) is 70.2 Å². The van der Waals surface area contributed by atoms with Crippen LogP contribution in [0, 0.1) is 5.41 Å². The summed E-state index contributed by atoms with van der Waals surface area (Å²) in [5.74, 6) is 1.03. The fraction of sp³-hybridized carbons (Fsp3) is 0.667. The molecule has 0 radical (unpaired) electrons. The molecule has 0 aromatic heterocycles. The van der Waals surface area contributed by atoms with Crippen molar-refractivity contribution in [2.45, 2.75) is 33.4 Å². The number of likely N-dealkylation sites (N-methyl/N-ethyl adjacent to an activating group) is 1. The Hall–Kier alpha value is -1.59. The van der Waals surface area contributed by atoms with Crippen LogP contribution in [0.5, 0.6) is 0 Å². The first-order chi connectivity index (χ1) is 12.4. The van der Waals surface area contributed by atoms with Gasteiger partial charge < -0.3 is 15.1 Å². The van der Waals surface area contributed by atoms with Crippen molar-refractivity contribution in [3.8, 4) is 0 Å². The third kappa shape index (κ3) is 5.21. The van der Waals surface area contributed by atoms with Gasteiger partial charge in [0.05, 0.1) is 0 Å². The molecule has 144 valence electrons. The summed E-state index contributed by atoms with van der Waals surface area (Å²) in [4.78, 5) is 11.8. The number of hydrogen-bond donors (Lipinski definition) is 1. The van der Waals surface area contributed by atoms with Crippen molar-refractivity contribution in [1.82, 2.24) is 20.0 Å². The molecule has 2 heterocycles. The van der Waals surface area contributed by atoms with Crippen molar-refractivity contribution in [3.63, 3.8) is 0 Å². The molecule has 0 unspecified atom stereocenters. The van der Waals surface area contributed by atoms with Crippen LogP contribution in [-0.4, -0.2) is 74.0 Å². The van der Waals surface area contributed by atoms with Gasteiger partial charge >= 0.3 is 0 Å². The van der Waals surface area contributed by atoms with E-state index in [-0.39, 0.29) is 0 Å². The van der Waals surface area contributed by atoms with Crippen molar-refractivity contribution in [3.05, 3.63) is 35.4 Å². The number of rotatable bonds is 4. The van der Waals surface area contributed by atoms with Crippen LogP contribution < -0.4 is 5.32 Å². The normalized spacial score (nSPS) is 22.0. The smallest absolute Gasteiger partial charge is 0.193 e. The zero-order valence-corrected chi connectivity index (χ0v) is 17.0. The van der Waals surface area contributed by atoms with Gasteiger partial charge in [-0.25, -0.2) is 0 Å². The maximum Gasteiger partial charge on any atom is 0.193 e. The van der Waals surface area contributed by atoms with Gasteiger partial charge in [0.1, 0.15) is 0 Å². The van der Waals surface area contributed by atoms with Crippen LogP contribution in [-0.2, 0) is 13.1 Å². The highest BCUT2D eigenvalue weighted by Crippen LogP contribution is 2.28. The summed E-state index contributed by atoms with van der Waals surface area (Å²) in [6, 6.07) is 9.05. The van der Waals surface area contributed by atoms with Crippen molar-refractivity contribution < 1.29 is 0 Å². The SMILES string of the molecule is CN=C(NCc1ccc(CN2CCN(C)CC2)cc1)N1CCC(C)(C)C1. The van der Waals surface area contributed by atoms with E-state index < -0.39 is 0 Å². The number of likely N-dealkylation sites (tertiary alicyclic amines) is 1. The van der Waals surface area contributed by atoms with Crippen molar-refractivity contribution >= 4 is 5.96 Å². The van der Waals surface area contributed by atoms with E-state index in [1.54, 1.807) is 0 Å². The Morgan fingerprint density at radius 2 is 1.69 bits per heavy atom. The Morgan fingerprint density at radius 3 is 2.27 bits per heavy atom. The lowest BCUT2D eigenvalue weighted by molar-refractivity contribution is 0.148. The Bertz CT molecular complexity index is 599. The lowest BCUT2D eigenvalue weighted by atomic mass is 9.93. The zero-order chi connectivity index (χ0) is 18.6. The number of benzene rings is 1. The van der Waals surface area contributed by atoms with E-state index in [9.17, 15) is 0 Å². The van der Waals surface area contributed by atoms with Gasteiger partial charge in [-0.2, -0.15) is 0 Å². The maximum atomic E-state index is 4.47. The Balaban J connectivity index is 1.48. The lowest BCUT2D eigenvalue weighted by Crippen LogP contribution is -2.43. The zero-order valence-electron chi connectivity index (χ0n) is 17.0. The Labute approximate surface area is 159 Å². The predicted octanol–water partition coefficient (Wildman–Crippen LogP) is 2.24. The highest BCUT2D eigenvalue weighted by molar-refractivity contribution is 5.80. The summed E-state index contributed by atoms with van der Waals surface area (Å²) in [6.45, 7) is 13.4. The first kappa shape index (κ1) is 19.2. The molecular formula is C21H35N5. The topological polar surface area (TPSA) is 34.1 Å². The fourth-order valence-corrected chi connectivity index (χ4v) is 3.83. The molecule has 5 nitrogen and oxygen atoms in total. The van der Waals surface area contributed by atoms with Crippen LogP contribution in [0.4, 0.5) is 0 Å². The minimum absolute atomic E-state index is 0.391. The monoisotopic (exact) mass is 357 g/mol. The molecule has 0 spiro atoms. The number of hydrogen-bond acceptors (Lipinski definition) is 3. The molecule has 2 aliphatic heterocycles. The average Bonchev–Trinajstić information content (AvgIpc) is 2.99. The van der Waals surface area contributed by atoms with Crippen LogP contribution in [0.3, 0.4) is 0 Å². The number of guanidine groups is 1. The minimum Gasteiger partial charge on any atom is -0.352 e. The lowest BCUT2D eigenvalue weighted by Gasteiger charge is -2.32. The van der Waals surface area contributed by atoms with E-state index in [1.165, 1.54) is 43.7 Å². The van der Waals surface area contributed by atoms with Crippen molar-refractivity contribution in [1.29, 1.82) is 0 Å². The van der Waals surface area contributed by atoms with E-state index in [1.807, 2.05) is 7.05 Å². The van der Waals surface area contributed by atoms with Gasteiger partial charge in [0, 0.05) is 59.4 Å². The minimum atomic E-state index is 0.391. The van der Waals surface area contributed by atoms with Crippen molar-refractivity contribution in [2.24, 2.45) is 10.4 Å². The highest BCUT2D eigenvalue weighted by Gasteiger charge is 2.30.